The number of carbonyl (C=O) groups is 1. The molecule has 3 heterocycles. The van der Waals surface area contributed by atoms with Gasteiger partial charge in [-0.15, -0.1) is 0 Å². The molecule has 5 nitrogen and oxygen atoms in total. The Bertz CT molecular complexity index is 511. The number of furan rings is 1. The summed E-state index contributed by atoms with van der Waals surface area (Å²) in [7, 11) is 0. The molecule has 0 aliphatic carbocycles. The molecule has 20 heavy (non-hydrogen) atoms. The van der Waals surface area contributed by atoms with Crippen LogP contribution < -0.4 is 5.32 Å². The zero-order valence-electron chi connectivity index (χ0n) is 12.5. The fraction of sp³-hybridized carbons (Fsp3) is 0.667. The fourth-order valence-corrected chi connectivity index (χ4v) is 3.09. The van der Waals surface area contributed by atoms with Gasteiger partial charge < -0.3 is 14.6 Å². The molecule has 1 amide bonds. The molecule has 5 heteroatoms. The van der Waals surface area contributed by atoms with Crippen LogP contribution in [-0.2, 0) is 0 Å². The van der Waals surface area contributed by atoms with Crippen molar-refractivity contribution in [2.24, 2.45) is 0 Å². The van der Waals surface area contributed by atoms with Gasteiger partial charge in [0.05, 0.1) is 5.56 Å². The summed E-state index contributed by atoms with van der Waals surface area (Å²) in [5, 5.41) is 3.30. The molecule has 0 aromatic carbocycles. The van der Waals surface area contributed by atoms with Gasteiger partial charge in [-0.2, -0.15) is 0 Å². The van der Waals surface area contributed by atoms with E-state index in [4.69, 9.17) is 4.42 Å². The first-order chi connectivity index (χ1) is 9.58. The molecule has 2 aliphatic heterocycles. The van der Waals surface area contributed by atoms with Crippen molar-refractivity contribution in [3.8, 4) is 0 Å². The molecule has 0 bridgehead atoms. The molecule has 0 radical (unpaired) electrons. The van der Waals surface area contributed by atoms with Gasteiger partial charge >= 0.3 is 0 Å². The monoisotopic (exact) mass is 277 g/mol. The normalized spacial score (nSPS) is 21.1. The van der Waals surface area contributed by atoms with Crippen molar-refractivity contribution in [2.45, 2.75) is 26.8 Å². The summed E-state index contributed by atoms with van der Waals surface area (Å²) in [6, 6.07) is 0.673. The summed E-state index contributed by atoms with van der Waals surface area (Å²) < 4.78 is 5.58. The van der Waals surface area contributed by atoms with Crippen LogP contribution in [0.5, 0.6) is 0 Å². The second kappa shape index (κ2) is 5.22. The zero-order chi connectivity index (χ0) is 14.3. The molecule has 1 aromatic heterocycles. The van der Waals surface area contributed by atoms with Crippen molar-refractivity contribution in [2.75, 3.05) is 39.3 Å². The van der Waals surface area contributed by atoms with Crippen LogP contribution in [0.2, 0.25) is 0 Å². The molecule has 110 valence electrons. The predicted octanol–water partition coefficient (Wildman–Crippen LogP) is 0.934. The number of rotatable bonds is 2. The Morgan fingerprint density at radius 3 is 2.20 bits per heavy atom. The standard InChI is InChI=1S/C15H23N3O2/c1-10-11(2)20-12(3)14(10)15(19)18-6-4-17(5-7-18)13-8-16-9-13/h13,16H,4-9H2,1-3H3. The Morgan fingerprint density at radius 2 is 1.75 bits per heavy atom. The smallest absolute Gasteiger partial charge is 0.257 e. The van der Waals surface area contributed by atoms with Gasteiger partial charge in [0, 0.05) is 50.9 Å². The minimum absolute atomic E-state index is 0.128. The van der Waals surface area contributed by atoms with Crippen LogP contribution in [0, 0.1) is 20.8 Å². The van der Waals surface area contributed by atoms with Gasteiger partial charge in [0.1, 0.15) is 11.5 Å². The lowest BCUT2D eigenvalue weighted by molar-refractivity contribution is 0.0500. The summed E-state index contributed by atoms with van der Waals surface area (Å²) in [5.41, 5.74) is 1.75. The summed E-state index contributed by atoms with van der Waals surface area (Å²) in [4.78, 5) is 17.1. The molecule has 2 saturated heterocycles. The van der Waals surface area contributed by atoms with Crippen molar-refractivity contribution < 1.29 is 9.21 Å². The minimum atomic E-state index is 0.128. The van der Waals surface area contributed by atoms with Crippen molar-refractivity contribution >= 4 is 5.91 Å². The Morgan fingerprint density at radius 1 is 1.10 bits per heavy atom. The van der Waals surface area contributed by atoms with Crippen LogP contribution in [0.1, 0.15) is 27.4 Å². The quantitative estimate of drug-likeness (QED) is 0.874. The Kier molecular flexibility index (Phi) is 3.56. The van der Waals surface area contributed by atoms with Crippen LogP contribution in [0.3, 0.4) is 0 Å². The number of nitrogens with one attached hydrogen (secondary N) is 1. The number of hydrogen-bond donors (Lipinski definition) is 1. The molecule has 2 fully saturated rings. The average Bonchev–Trinajstić information content (AvgIpc) is 2.61. The van der Waals surface area contributed by atoms with Crippen molar-refractivity contribution in [3.63, 3.8) is 0 Å². The van der Waals surface area contributed by atoms with E-state index in [-0.39, 0.29) is 5.91 Å². The highest BCUT2D eigenvalue weighted by molar-refractivity contribution is 5.97. The maximum absolute atomic E-state index is 12.6. The lowest BCUT2D eigenvalue weighted by Crippen LogP contribution is -2.62. The molecular formula is C15H23N3O2. The Hall–Kier alpha value is -1.33. The van der Waals surface area contributed by atoms with Crippen LogP contribution in [0.4, 0.5) is 0 Å². The average molecular weight is 277 g/mol. The van der Waals surface area contributed by atoms with E-state index in [1.807, 2.05) is 25.7 Å². The van der Waals surface area contributed by atoms with Gasteiger partial charge in [-0.3, -0.25) is 9.69 Å². The van der Waals surface area contributed by atoms with Crippen molar-refractivity contribution in [1.29, 1.82) is 0 Å². The summed E-state index contributed by atoms with van der Waals surface area (Å²) in [5.74, 6) is 1.73. The Balaban J connectivity index is 1.66. The predicted molar refractivity (Wildman–Crippen MR) is 77.1 cm³/mol. The first-order valence-corrected chi connectivity index (χ1v) is 7.38. The van der Waals surface area contributed by atoms with E-state index in [0.29, 0.717) is 6.04 Å². The van der Waals surface area contributed by atoms with E-state index in [2.05, 4.69) is 10.2 Å². The van der Waals surface area contributed by atoms with Gasteiger partial charge in [-0.25, -0.2) is 0 Å². The first kappa shape index (κ1) is 13.6. The van der Waals surface area contributed by atoms with Crippen LogP contribution in [-0.4, -0.2) is 61.0 Å². The molecule has 0 spiro atoms. The second-order valence-electron chi connectivity index (χ2n) is 5.85. The highest BCUT2D eigenvalue weighted by Crippen LogP contribution is 2.23. The van der Waals surface area contributed by atoms with E-state index < -0.39 is 0 Å². The van der Waals surface area contributed by atoms with E-state index in [1.54, 1.807) is 0 Å². The van der Waals surface area contributed by atoms with Gasteiger partial charge in [-0.1, -0.05) is 0 Å². The van der Waals surface area contributed by atoms with Gasteiger partial charge in [0.25, 0.3) is 5.91 Å². The highest BCUT2D eigenvalue weighted by Gasteiger charge is 2.31. The maximum Gasteiger partial charge on any atom is 0.257 e. The zero-order valence-corrected chi connectivity index (χ0v) is 12.5. The van der Waals surface area contributed by atoms with E-state index >= 15 is 0 Å². The maximum atomic E-state index is 12.6. The molecule has 3 rings (SSSR count). The molecule has 2 aliphatic rings. The third kappa shape index (κ3) is 2.25. The van der Waals surface area contributed by atoms with Crippen LogP contribution in [0.25, 0.3) is 0 Å². The number of carbonyl (C=O) groups excluding carboxylic acids is 1. The first-order valence-electron chi connectivity index (χ1n) is 7.38. The van der Waals surface area contributed by atoms with Crippen molar-refractivity contribution in [1.82, 2.24) is 15.1 Å². The lowest BCUT2D eigenvalue weighted by atomic mass is 10.1. The molecule has 1 aromatic rings. The molecule has 0 atom stereocenters. The van der Waals surface area contributed by atoms with Crippen LogP contribution in [0.15, 0.2) is 4.42 Å². The van der Waals surface area contributed by atoms with Gasteiger partial charge in [-0.05, 0) is 20.8 Å². The topological polar surface area (TPSA) is 48.7 Å². The molecule has 1 N–H and O–H groups in total. The summed E-state index contributed by atoms with van der Waals surface area (Å²) in [6.07, 6.45) is 0. The number of hydrogen-bond acceptors (Lipinski definition) is 4. The SMILES string of the molecule is Cc1oc(C)c(C(=O)N2CCN(C3CNC3)CC2)c1C. The third-order valence-corrected chi connectivity index (χ3v) is 4.65. The van der Waals surface area contributed by atoms with E-state index in [1.165, 1.54) is 0 Å². The molecular weight excluding hydrogens is 254 g/mol. The van der Waals surface area contributed by atoms with E-state index in [9.17, 15) is 4.79 Å². The van der Waals surface area contributed by atoms with Gasteiger partial charge in [0.15, 0.2) is 0 Å². The Labute approximate surface area is 119 Å². The summed E-state index contributed by atoms with van der Waals surface area (Å²) in [6.45, 7) is 11.5. The minimum Gasteiger partial charge on any atom is -0.466 e. The van der Waals surface area contributed by atoms with E-state index in [0.717, 1.165) is 61.9 Å². The largest absolute Gasteiger partial charge is 0.466 e. The number of piperazine rings is 1. The lowest BCUT2D eigenvalue weighted by Gasteiger charge is -2.43. The fourth-order valence-electron chi connectivity index (χ4n) is 3.09. The third-order valence-electron chi connectivity index (χ3n) is 4.65. The highest BCUT2D eigenvalue weighted by atomic mass is 16.3. The number of nitrogens with zero attached hydrogens (tertiary/aromatic N) is 2. The van der Waals surface area contributed by atoms with Crippen molar-refractivity contribution in [3.05, 3.63) is 22.6 Å². The number of aryl methyl sites for hydroxylation is 2. The molecule has 0 unspecified atom stereocenters. The van der Waals surface area contributed by atoms with Gasteiger partial charge in [0.2, 0.25) is 0 Å². The summed E-state index contributed by atoms with van der Waals surface area (Å²) >= 11 is 0. The van der Waals surface area contributed by atoms with Crippen LogP contribution >= 0.6 is 0 Å². The number of amides is 1. The second-order valence-corrected chi connectivity index (χ2v) is 5.85. The molecule has 0 saturated carbocycles.